The summed E-state index contributed by atoms with van der Waals surface area (Å²) >= 11 is 1.45. The number of nitrogens with one attached hydrogen (secondary N) is 1. The smallest absolute Gasteiger partial charge is 0.151 e. The van der Waals surface area contributed by atoms with Crippen LogP contribution in [-0.2, 0) is 0 Å². The highest BCUT2D eigenvalue weighted by molar-refractivity contribution is 8.13. The van der Waals surface area contributed by atoms with Crippen molar-refractivity contribution in [2.24, 2.45) is 5.73 Å². The molecule has 0 aromatic carbocycles. The largest absolute Gasteiger partial charge is 0.379 e. The van der Waals surface area contributed by atoms with Gasteiger partial charge in [0.05, 0.1) is 0 Å². The molecule has 0 heterocycles. The summed E-state index contributed by atoms with van der Waals surface area (Å²) in [5.74, 6) is 0.947. The first-order chi connectivity index (χ1) is 7.20. The van der Waals surface area contributed by atoms with E-state index in [1.54, 1.807) is 0 Å². The normalized spacial score (nSPS) is 10.9. The maximum Gasteiger partial charge on any atom is 0.151 e. The summed E-state index contributed by atoms with van der Waals surface area (Å²) in [5.41, 5.74) is 5.31. The van der Waals surface area contributed by atoms with Crippen molar-refractivity contribution in [2.45, 2.75) is 39.5 Å². The van der Waals surface area contributed by atoms with Crippen molar-refractivity contribution in [3.8, 4) is 0 Å². The average molecular weight is 231 g/mol. The van der Waals surface area contributed by atoms with E-state index in [2.05, 4.69) is 18.7 Å². The topological polar surface area (TPSA) is 53.1 Å². The van der Waals surface area contributed by atoms with Crippen molar-refractivity contribution in [1.29, 1.82) is 5.41 Å². The molecule has 0 aliphatic rings. The third kappa shape index (κ3) is 10.1. The molecule has 0 radical (unpaired) electrons. The highest BCUT2D eigenvalue weighted by atomic mass is 32.2. The van der Waals surface area contributed by atoms with Crippen molar-refractivity contribution in [3.05, 3.63) is 0 Å². The molecule has 3 nitrogen and oxygen atoms in total. The Hall–Kier alpha value is -0.220. The second kappa shape index (κ2) is 10.3. The average Bonchev–Trinajstić information content (AvgIpc) is 2.20. The standard InChI is InChI=1S/C11H25N3S/c1-3-5-7-14(8-6-4-2)9-10-15-11(12)13/h3-10H2,1-2H3,(H3,12,13). The van der Waals surface area contributed by atoms with Gasteiger partial charge in [-0.3, -0.25) is 5.41 Å². The lowest BCUT2D eigenvalue weighted by molar-refractivity contribution is 0.281. The monoisotopic (exact) mass is 231 g/mol. The van der Waals surface area contributed by atoms with E-state index in [-0.39, 0.29) is 5.17 Å². The molecule has 0 bridgehead atoms. The van der Waals surface area contributed by atoms with Crippen LogP contribution in [0.2, 0.25) is 0 Å². The Balaban J connectivity index is 3.63. The predicted octanol–water partition coefficient (Wildman–Crippen LogP) is 2.52. The Labute approximate surface area is 98.3 Å². The first kappa shape index (κ1) is 14.8. The Bertz CT molecular complexity index is 154. The molecule has 0 aromatic heterocycles. The fourth-order valence-corrected chi connectivity index (χ4v) is 1.95. The molecule has 0 saturated heterocycles. The number of unbranched alkanes of at least 4 members (excludes halogenated alkanes) is 2. The molecule has 3 N–H and O–H groups in total. The van der Waals surface area contributed by atoms with Crippen LogP contribution in [0.15, 0.2) is 0 Å². The Morgan fingerprint density at radius 1 is 1.13 bits per heavy atom. The van der Waals surface area contributed by atoms with Gasteiger partial charge in [0.25, 0.3) is 0 Å². The molecular weight excluding hydrogens is 206 g/mol. The second-order valence-electron chi connectivity index (χ2n) is 3.76. The van der Waals surface area contributed by atoms with Crippen molar-refractivity contribution >= 4 is 16.9 Å². The molecule has 0 rings (SSSR count). The number of rotatable bonds is 9. The van der Waals surface area contributed by atoms with Gasteiger partial charge in [0, 0.05) is 12.3 Å². The van der Waals surface area contributed by atoms with Gasteiger partial charge in [0.1, 0.15) is 0 Å². The molecule has 0 aliphatic carbocycles. The van der Waals surface area contributed by atoms with E-state index < -0.39 is 0 Å². The summed E-state index contributed by atoms with van der Waals surface area (Å²) in [5, 5.41) is 7.37. The van der Waals surface area contributed by atoms with E-state index in [1.807, 2.05) is 0 Å². The SMILES string of the molecule is CCCCN(CCCC)CCSC(=N)N. The molecule has 0 fully saturated rings. The van der Waals surface area contributed by atoms with Crippen molar-refractivity contribution < 1.29 is 0 Å². The van der Waals surface area contributed by atoms with Gasteiger partial charge in [-0.1, -0.05) is 38.5 Å². The number of thioether (sulfide) groups is 1. The number of amidine groups is 1. The minimum atomic E-state index is 0.237. The van der Waals surface area contributed by atoms with E-state index in [4.69, 9.17) is 11.1 Å². The quantitative estimate of drug-likeness (QED) is 0.473. The number of nitrogens with zero attached hydrogens (tertiary/aromatic N) is 1. The third-order valence-electron chi connectivity index (χ3n) is 2.32. The van der Waals surface area contributed by atoms with Crippen LogP contribution in [0.4, 0.5) is 0 Å². The minimum Gasteiger partial charge on any atom is -0.379 e. The zero-order chi connectivity index (χ0) is 11.5. The van der Waals surface area contributed by atoms with Gasteiger partial charge in [-0.25, -0.2) is 0 Å². The highest BCUT2D eigenvalue weighted by Gasteiger charge is 2.03. The van der Waals surface area contributed by atoms with Crippen LogP contribution in [0.25, 0.3) is 0 Å². The van der Waals surface area contributed by atoms with E-state index in [1.165, 1.54) is 50.5 Å². The lowest BCUT2D eigenvalue weighted by atomic mass is 10.2. The van der Waals surface area contributed by atoms with Gasteiger partial charge in [-0.15, -0.1) is 0 Å². The van der Waals surface area contributed by atoms with E-state index >= 15 is 0 Å². The fourth-order valence-electron chi connectivity index (χ4n) is 1.38. The van der Waals surface area contributed by atoms with Gasteiger partial charge >= 0.3 is 0 Å². The first-order valence-corrected chi connectivity index (χ1v) is 6.88. The van der Waals surface area contributed by atoms with Gasteiger partial charge in [0.15, 0.2) is 5.17 Å². The van der Waals surface area contributed by atoms with Crippen LogP contribution in [-0.4, -0.2) is 35.5 Å². The number of hydrogen-bond acceptors (Lipinski definition) is 3. The van der Waals surface area contributed by atoms with Crippen LogP contribution < -0.4 is 5.73 Å². The van der Waals surface area contributed by atoms with E-state index in [9.17, 15) is 0 Å². The zero-order valence-corrected chi connectivity index (χ0v) is 10.9. The molecule has 0 aliphatic heterocycles. The molecule has 0 spiro atoms. The predicted molar refractivity (Wildman–Crippen MR) is 70.6 cm³/mol. The summed E-state index contributed by atoms with van der Waals surface area (Å²) in [4.78, 5) is 2.49. The summed E-state index contributed by atoms with van der Waals surface area (Å²) in [6, 6.07) is 0. The Kier molecular flexibility index (Phi) is 10.2. The Morgan fingerprint density at radius 3 is 2.07 bits per heavy atom. The Morgan fingerprint density at radius 2 is 1.67 bits per heavy atom. The fraction of sp³-hybridized carbons (Fsp3) is 0.909. The molecule has 0 aromatic rings. The zero-order valence-electron chi connectivity index (χ0n) is 10.1. The second-order valence-corrected chi connectivity index (χ2v) is 4.90. The molecule has 0 atom stereocenters. The van der Waals surface area contributed by atoms with E-state index in [0.717, 1.165) is 12.3 Å². The maximum atomic E-state index is 7.14. The first-order valence-electron chi connectivity index (χ1n) is 5.89. The molecular formula is C11H25N3S. The molecule has 0 amide bonds. The number of hydrogen-bond donors (Lipinski definition) is 2. The van der Waals surface area contributed by atoms with Gasteiger partial charge in [-0.2, -0.15) is 0 Å². The van der Waals surface area contributed by atoms with Gasteiger partial charge in [-0.05, 0) is 25.9 Å². The van der Waals surface area contributed by atoms with Crippen LogP contribution in [0.3, 0.4) is 0 Å². The summed E-state index contributed by atoms with van der Waals surface area (Å²) in [7, 11) is 0. The van der Waals surface area contributed by atoms with Crippen LogP contribution in [0, 0.1) is 5.41 Å². The van der Waals surface area contributed by atoms with Crippen LogP contribution in [0.5, 0.6) is 0 Å². The molecule has 0 unspecified atom stereocenters. The maximum absolute atomic E-state index is 7.14. The van der Waals surface area contributed by atoms with Crippen molar-refractivity contribution in [1.82, 2.24) is 4.90 Å². The summed E-state index contributed by atoms with van der Waals surface area (Å²) < 4.78 is 0. The molecule has 0 saturated carbocycles. The summed E-state index contributed by atoms with van der Waals surface area (Å²) in [6.45, 7) is 7.89. The van der Waals surface area contributed by atoms with Gasteiger partial charge in [0.2, 0.25) is 0 Å². The number of nitrogens with two attached hydrogens (primary N) is 1. The van der Waals surface area contributed by atoms with Crippen molar-refractivity contribution in [3.63, 3.8) is 0 Å². The lowest BCUT2D eigenvalue weighted by Crippen LogP contribution is -2.29. The molecule has 90 valence electrons. The van der Waals surface area contributed by atoms with Crippen LogP contribution in [0.1, 0.15) is 39.5 Å². The van der Waals surface area contributed by atoms with Crippen LogP contribution >= 0.6 is 11.8 Å². The molecule has 15 heavy (non-hydrogen) atoms. The van der Waals surface area contributed by atoms with E-state index in [0.29, 0.717) is 0 Å². The highest BCUT2D eigenvalue weighted by Crippen LogP contribution is 2.03. The lowest BCUT2D eigenvalue weighted by Gasteiger charge is -2.21. The summed E-state index contributed by atoms with van der Waals surface area (Å²) in [6.07, 6.45) is 5.05. The third-order valence-corrected chi connectivity index (χ3v) is 3.02. The molecule has 4 heteroatoms. The van der Waals surface area contributed by atoms with Gasteiger partial charge < -0.3 is 10.6 Å². The van der Waals surface area contributed by atoms with Crippen molar-refractivity contribution in [2.75, 3.05) is 25.4 Å². The minimum absolute atomic E-state index is 0.237.